The molecule has 85 heavy (non-hydrogen) atoms. The number of rotatable bonds is 18. The SMILES string of the molecule is NC(N)=NCCC[C@@H]1NC(=O)[C@H](COP(=O)(O)O)NC(=O)CNC(=O)[C@@H]2CCCN2C(=O)[C@H](COP(=O)(O)O)NC(=O)[C@H](Cc2c[nH]c3ccccc23)NC(=O)[C@H](CCC(=O)O)NC(=O)CNC(=O)[C@@H]2CCCN2C(=O)[C@H](CCC(=O)O)NC1=O. The molecule has 3 fully saturated rings. The van der Waals surface area contributed by atoms with Crippen molar-refractivity contribution in [2.75, 3.05) is 45.9 Å². The lowest BCUT2D eigenvalue weighted by Crippen LogP contribution is -2.60. The van der Waals surface area contributed by atoms with Crippen LogP contribution in [0.25, 0.3) is 10.9 Å². The van der Waals surface area contributed by atoms with Crippen molar-refractivity contribution < 1.29 is 105 Å². The molecule has 36 nitrogen and oxygen atoms in total. The van der Waals surface area contributed by atoms with Crippen molar-refractivity contribution in [3.05, 3.63) is 36.0 Å². The van der Waals surface area contributed by atoms with Gasteiger partial charge in [0.15, 0.2) is 5.96 Å². The Hall–Kier alpha value is -8.11. The molecule has 0 radical (unpaired) electrons. The number of phosphoric acid groups is 2. The highest BCUT2D eigenvalue weighted by atomic mass is 31.2. The lowest BCUT2D eigenvalue weighted by Gasteiger charge is -2.30. The van der Waals surface area contributed by atoms with E-state index in [1.807, 2.05) is 0 Å². The number of nitrogens with zero attached hydrogens (tertiary/aromatic N) is 3. The van der Waals surface area contributed by atoms with Crippen LogP contribution in [0.1, 0.15) is 69.8 Å². The molecule has 1 aromatic heterocycles. The van der Waals surface area contributed by atoms with Gasteiger partial charge in [0.25, 0.3) is 0 Å². The molecule has 3 aliphatic rings. The summed E-state index contributed by atoms with van der Waals surface area (Å²) in [5, 5.41) is 38.2. The lowest BCUT2D eigenvalue weighted by molar-refractivity contribution is -0.143. The van der Waals surface area contributed by atoms with Gasteiger partial charge in [-0.2, -0.15) is 0 Å². The maximum atomic E-state index is 14.5. The zero-order valence-electron chi connectivity index (χ0n) is 45.3. The third kappa shape index (κ3) is 21.5. The molecule has 5 rings (SSSR count). The van der Waals surface area contributed by atoms with E-state index in [1.54, 1.807) is 24.3 Å². The van der Waals surface area contributed by atoms with Gasteiger partial charge in [-0.15, -0.1) is 0 Å². The number of benzene rings is 1. The highest BCUT2D eigenvalue weighted by molar-refractivity contribution is 7.46. The van der Waals surface area contributed by atoms with Crippen LogP contribution >= 0.6 is 15.6 Å². The third-order valence-electron chi connectivity index (χ3n) is 13.5. The van der Waals surface area contributed by atoms with Crippen molar-refractivity contribution in [3.63, 3.8) is 0 Å². The minimum atomic E-state index is -5.42. The quantitative estimate of drug-likeness (QED) is 0.0286. The maximum absolute atomic E-state index is 14.5. The van der Waals surface area contributed by atoms with Gasteiger partial charge in [0.2, 0.25) is 59.1 Å². The third-order valence-corrected chi connectivity index (χ3v) is 14.4. The zero-order valence-corrected chi connectivity index (χ0v) is 47.1. The first-order valence-electron chi connectivity index (χ1n) is 26.4. The van der Waals surface area contributed by atoms with Crippen molar-refractivity contribution in [2.24, 2.45) is 16.5 Å². The Morgan fingerprint density at radius 3 is 1.58 bits per heavy atom. The van der Waals surface area contributed by atoms with E-state index < -0.39 is 193 Å². The summed E-state index contributed by atoms with van der Waals surface area (Å²) in [4.78, 5) is 211. The lowest BCUT2D eigenvalue weighted by atomic mass is 10.0. The normalized spacial score (nSPS) is 24.3. The molecule has 0 spiro atoms. The Morgan fingerprint density at radius 2 is 1.04 bits per heavy atom. The van der Waals surface area contributed by atoms with Crippen molar-refractivity contribution >= 4 is 104 Å². The number of para-hydroxylation sites is 1. The summed E-state index contributed by atoms with van der Waals surface area (Å²) in [6.45, 7) is -4.97. The van der Waals surface area contributed by atoms with Crippen molar-refractivity contribution in [2.45, 2.75) is 119 Å². The predicted molar refractivity (Wildman–Crippen MR) is 289 cm³/mol. The van der Waals surface area contributed by atoms with Gasteiger partial charge in [0, 0.05) is 56.0 Å². The Balaban J connectivity index is 1.55. The van der Waals surface area contributed by atoms with Crippen molar-refractivity contribution in [1.82, 2.24) is 57.3 Å². The van der Waals surface area contributed by atoms with Gasteiger partial charge in [0.05, 0.1) is 26.3 Å². The number of carbonyl (C=O) groups is 12. The molecule has 1 aromatic carbocycles. The number of aliphatic imine (C=N–C) groups is 1. The van der Waals surface area contributed by atoms with E-state index in [0.717, 1.165) is 9.80 Å². The van der Waals surface area contributed by atoms with Gasteiger partial charge >= 0.3 is 27.6 Å². The predicted octanol–water partition coefficient (Wildman–Crippen LogP) is -6.15. The molecule has 3 aliphatic heterocycles. The number of amides is 10. The number of nitrogens with one attached hydrogen (secondary N) is 9. The molecule has 38 heteroatoms. The second-order valence-corrected chi connectivity index (χ2v) is 22.2. The van der Waals surface area contributed by atoms with Gasteiger partial charge in [-0.3, -0.25) is 71.6 Å². The van der Waals surface area contributed by atoms with E-state index in [2.05, 4.69) is 61.6 Å². The van der Waals surface area contributed by atoms with E-state index >= 15 is 0 Å². The van der Waals surface area contributed by atoms with Gasteiger partial charge in [0.1, 0.15) is 48.3 Å². The summed E-state index contributed by atoms with van der Waals surface area (Å²) in [5.41, 5.74) is 11.8. The van der Waals surface area contributed by atoms with Crippen LogP contribution in [0.3, 0.4) is 0 Å². The Morgan fingerprint density at radius 1 is 0.588 bits per heavy atom. The number of hydrogen-bond donors (Lipinski definition) is 17. The molecule has 468 valence electrons. The first-order valence-corrected chi connectivity index (χ1v) is 29.5. The number of phosphoric ester groups is 2. The fraction of sp³-hybridized carbons (Fsp3) is 0.553. The molecule has 0 aliphatic carbocycles. The van der Waals surface area contributed by atoms with Crippen LogP contribution in [0.2, 0.25) is 0 Å². The van der Waals surface area contributed by atoms with E-state index in [0.29, 0.717) is 16.5 Å². The minimum Gasteiger partial charge on any atom is -0.481 e. The van der Waals surface area contributed by atoms with Crippen molar-refractivity contribution in [1.29, 1.82) is 0 Å². The standard InChI is InChI=1S/C47H68N14O22P2/c48-47(49)50-15-3-8-27-39(68)57-29(12-14-38(66)67)45(74)60-16-4-9-33(60)43(72)52-20-35(62)54-28(11-13-37(64)65)40(69)58-30(18-24-19-51-26-7-2-1-6-25(24)26)41(70)59-32(23-83-85(79,80)81)46(75)61-17-5-10-34(61)44(73)53-21-36(63)55-31(42(71)56-27)22-82-84(76,77)78/h1-2,6-7,19,27-34,51H,3-5,8-18,20-23H2,(H,52,72)(H,53,73)(H,54,62)(H,55,63)(H,56,71)(H,57,68)(H,58,69)(H,59,70)(H,64,65)(H,66,67)(H4,48,49,50)(H2,76,77,78)(H2,79,80,81)/t27-,28-,29-,30-,31-,32-,33-,34-/m0/s1. The van der Waals surface area contributed by atoms with E-state index in [9.17, 15) is 96.5 Å². The number of hydrogen-bond acceptors (Lipinski definition) is 17. The molecule has 4 heterocycles. The molecule has 8 atom stereocenters. The van der Waals surface area contributed by atoms with Crippen LogP contribution in [0.4, 0.5) is 0 Å². The number of carboxylic acid groups (broad SMARTS) is 2. The summed E-state index contributed by atoms with van der Waals surface area (Å²) >= 11 is 0. The number of carbonyl (C=O) groups excluding carboxylic acids is 10. The number of nitrogens with two attached hydrogens (primary N) is 2. The number of guanidine groups is 1. The maximum Gasteiger partial charge on any atom is 0.469 e. The molecule has 3 saturated heterocycles. The van der Waals surface area contributed by atoms with E-state index in [4.69, 9.17) is 11.5 Å². The summed E-state index contributed by atoms with van der Waals surface area (Å²) in [7, 11) is -10.8. The summed E-state index contributed by atoms with van der Waals surface area (Å²) in [5.74, 6) is -14.6. The van der Waals surface area contributed by atoms with Crippen LogP contribution < -0.4 is 54.0 Å². The van der Waals surface area contributed by atoms with E-state index in [1.165, 1.54) is 6.20 Å². The second-order valence-electron chi connectivity index (χ2n) is 19.7. The minimum absolute atomic E-state index is 0.0320. The molecule has 0 unspecified atom stereocenters. The van der Waals surface area contributed by atoms with Crippen LogP contribution in [-0.2, 0) is 82.1 Å². The molecule has 2 aromatic rings. The highest BCUT2D eigenvalue weighted by Gasteiger charge is 2.42. The highest BCUT2D eigenvalue weighted by Crippen LogP contribution is 2.37. The molecular formula is C47H68N14O22P2. The number of aliphatic carboxylic acids is 2. The average molecular weight is 1240 g/mol. The molecule has 0 bridgehead atoms. The number of aromatic nitrogens is 1. The van der Waals surface area contributed by atoms with Crippen LogP contribution in [0.5, 0.6) is 0 Å². The smallest absolute Gasteiger partial charge is 0.469 e. The summed E-state index contributed by atoms with van der Waals surface area (Å²) in [6, 6.07) is -7.25. The van der Waals surface area contributed by atoms with E-state index in [-0.39, 0.29) is 64.1 Å². The second kappa shape index (κ2) is 31.2. The largest absolute Gasteiger partial charge is 0.481 e. The van der Waals surface area contributed by atoms with Crippen LogP contribution in [0, 0.1) is 0 Å². The van der Waals surface area contributed by atoms with Gasteiger partial charge in [-0.25, -0.2) is 9.13 Å². The first kappa shape index (κ1) is 67.7. The molecule has 10 amide bonds. The first-order chi connectivity index (χ1) is 40.0. The Labute approximate surface area is 482 Å². The monoisotopic (exact) mass is 1240 g/mol. The molecule has 19 N–H and O–H groups in total. The molecule has 0 saturated carbocycles. The number of H-pyrrole nitrogens is 1. The van der Waals surface area contributed by atoms with Gasteiger partial charge in [-0.05, 0) is 63.0 Å². The van der Waals surface area contributed by atoms with Gasteiger partial charge < -0.3 is 98.6 Å². The number of fused-ring (bicyclic) bond motifs is 3. The average Bonchev–Trinajstić information content (AvgIpc) is 4.29. The number of carboxylic acids is 2. The van der Waals surface area contributed by atoms with Crippen LogP contribution in [0.15, 0.2) is 35.5 Å². The van der Waals surface area contributed by atoms with Crippen LogP contribution in [-0.4, -0.2) is 216 Å². The summed E-state index contributed by atoms with van der Waals surface area (Å²) in [6.07, 6.45) is -1.93. The van der Waals surface area contributed by atoms with Crippen molar-refractivity contribution in [3.8, 4) is 0 Å². The topological polar surface area (TPSA) is 562 Å². The zero-order chi connectivity index (χ0) is 62.8. The van der Waals surface area contributed by atoms with Gasteiger partial charge in [-0.1, -0.05) is 18.2 Å². The summed E-state index contributed by atoms with van der Waals surface area (Å²) < 4.78 is 33.0. The fourth-order valence-electron chi connectivity index (χ4n) is 9.42. The fourth-order valence-corrected chi connectivity index (χ4v) is 10.1. The Kier molecular flexibility index (Phi) is 24.8. The Bertz CT molecular complexity index is 2970. The number of aromatic amines is 1. The molecular weight excluding hydrogens is 1170 g/mol.